The lowest BCUT2D eigenvalue weighted by Crippen LogP contribution is -2.66. The third-order valence-corrected chi connectivity index (χ3v) is 27.0. The number of anilines is 1. The number of aromatic nitrogens is 4. The van der Waals surface area contributed by atoms with Crippen molar-refractivity contribution in [1.82, 2.24) is 19.5 Å². The van der Waals surface area contributed by atoms with E-state index in [0.29, 0.717) is 24.2 Å². The first kappa shape index (κ1) is 37.6. The Morgan fingerprint density at radius 1 is 1.07 bits per heavy atom. The van der Waals surface area contributed by atoms with E-state index in [0.717, 1.165) is 18.1 Å². The Hall–Kier alpha value is -1.25. The van der Waals surface area contributed by atoms with Crippen molar-refractivity contribution in [2.75, 3.05) is 11.9 Å². The molecule has 4 heterocycles. The van der Waals surface area contributed by atoms with Gasteiger partial charge in [0.25, 0.3) is 0 Å². The molecule has 0 spiro atoms. The maximum Gasteiger partial charge on any atom is 0.335 e. The largest absolute Gasteiger partial charge is 0.414 e. The van der Waals surface area contributed by atoms with Crippen LogP contribution in [-0.4, -0.2) is 68.1 Å². The highest BCUT2D eigenvalue weighted by atomic mass is 35.5. The number of fused-ring (bicyclic) bond motifs is 2. The van der Waals surface area contributed by atoms with Gasteiger partial charge in [-0.1, -0.05) is 93.7 Å². The number of nitrogens with one attached hydrogen (secondary N) is 1. The van der Waals surface area contributed by atoms with Gasteiger partial charge in [0.05, 0.1) is 24.4 Å². The van der Waals surface area contributed by atoms with Gasteiger partial charge in [-0.25, -0.2) is 4.98 Å². The first-order valence-corrected chi connectivity index (χ1v) is 24.8. The van der Waals surface area contributed by atoms with Crippen molar-refractivity contribution in [1.29, 1.82) is 0 Å². The molecule has 46 heavy (non-hydrogen) atoms. The second kappa shape index (κ2) is 14.3. The number of carbonyl (C=O) groups excluding carboxylic acids is 1. The molecule has 9 nitrogen and oxygen atoms in total. The van der Waals surface area contributed by atoms with Crippen molar-refractivity contribution in [2.45, 2.75) is 146 Å². The summed E-state index contributed by atoms with van der Waals surface area (Å²) in [5.74, 6) is 3.83. The summed E-state index contributed by atoms with van der Waals surface area (Å²) < 4.78 is 23.9. The zero-order chi connectivity index (χ0) is 34.2. The Bertz CT molecular complexity index is 1450. The van der Waals surface area contributed by atoms with Gasteiger partial charge >= 0.3 is 17.1 Å². The number of rotatable bonds is 9. The molecule has 2 aliphatic rings. The van der Waals surface area contributed by atoms with Crippen molar-refractivity contribution >= 4 is 71.6 Å². The summed E-state index contributed by atoms with van der Waals surface area (Å²) in [5, 5.41) is 2.77. The van der Waals surface area contributed by atoms with E-state index in [4.69, 9.17) is 24.6 Å². The fourth-order valence-electron chi connectivity index (χ4n) is 7.04. The molecule has 4 rings (SSSR count). The molecule has 256 valence electrons. The molecule has 0 aliphatic carbocycles. The van der Waals surface area contributed by atoms with E-state index in [1.165, 1.54) is 6.92 Å². The van der Waals surface area contributed by atoms with Gasteiger partial charge in [-0.15, -0.1) is 17.3 Å². The average molecular weight is 725 g/mol. The third kappa shape index (κ3) is 6.79. The van der Waals surface area contributed by atoms with Gasteiger partial charge in [0.2, 0.25) is 11.9 Å². The Labute approximate surface area is 288 Å². The van der Waals surface area contributed by atoms with Crippen LogP contribution in [0.4, 0.5) is 5.95 Å². The fourth-order valence-corrected chi connectivity index (χ4v) is 22.9. The highest BCUT2D eigenvalue weighted by Crippen LogP contribution is 2.56. The first-order valence-electron chi connectivity index (χ1n) is 17.0. The number of nitrogens with zero attached hydrogens (tertiary/aromatic N) is 4. The molecule has 0 radical (unpaired) electrons. The summed E-state index contributed by atoms with van der Waals surface area (Å²) in [4.78, 5) is 25.4. The number of carbonyl (C=O) groups is 1. The fraction of sp³-hybridized carbons (Fsp3) is 0.750. The van der Waals surface area contributed by atoms with Crippen LogP contribution in [0.2, 0.25) is 45.5 Å². The molecule has 0 saturated carbocycles. The van der Waals surface area contributed by atoms with Crippen LogP contribution in [0.3, 0.4) is 0 Å². The maximum atomic E-state index is 11.9. The molecule has 1 N–H and O–H groups in total. The molecule has 3 atom stereocenters. The minimum Gasteiger partial charge on any atom is -0.414 e. The van der Waals surface area contributed by atoms with Gasteiger partial charge in [0, 0.05) is 13.3 Å². The topological polar surface area (TPSA) is 100 Å². The van der Waals surface area contributed by atoms with Crippen molar-refractivity contribution in [3.63, 3.8) is 0 Å². The van der Waals surface area contributed by atoms with Crippen molar-refractivity contribution in [3.05, 3.63) is 11.5 Å². The summed E-state index contributed by atoms with van der Waals surface area (Å²) in [6.07, 6.45) is 2.23. The van der Waals surface area contributed by atoms with E-state index in [-0.39, 0.29) is 50.7 Å². The average Bonchev–Trinajstić information content (AvgIpc) is 3.55. The summed E-state index contributed by atoms with van der Waals surface area (Å²) in [7, 11) is -7.46. The molecule has 1 unspecified atom stereocenters. The monoisotopic (exact) mass is 723 g/mol. The third-order valence-electron chi connectivity index (χ3n) is 10.2. The van der Waals surface area contributed by atoms with Gasteiger partial charge in [-0.3, -0.25) is 10.1 Å². The standard InChI is InChI=1S/C32H54ClN5O4SSi3/c1-13-44(14-2,15-3)17-16-32-19-40-45(21(4)5,22(6)7)42-46(23(8)9,24(10)11)41-26(32)18-27(43-32)38-20-34-28-29(33)36-31(35-25(12)39)37-30(28)38/h20-24,26-27H,13-15,18-19H2,1-12H3,(H,35,36,37,39)/t26-,27?,32+/m0/s1. The van der Waals surface area contributed by atoms with Crippen LogP contribution < -0.4 is 5.32 Å². The number of thioether (sulfide) groups is 1. The van der Waals surface area contributed by atoms with Gasteiger partial charge in [0.15, 0.2) is 10.8 Å². The van der Waals surface area contributed by atoms with E-state index in [1.54, 1.807) is 18.1 Å². The Balaban J connectivity index is 1.95. The molecule has 1 amide bonds. The summed E-state index contributed by atoms with van der Waals surface area (Å²) in [5.41, 5.74) is 5.92. The number of imidazole rings is 1. The van der Waals surface area contributed by atoms with Crippen LogP contribution in [-0.2, 0) is 17.8 Å². The van der Waals surface area contributed by atoms with Crippen molar-refractivity contribution in [3.8, 4) is 11.5 Å². The van der Waals surface area contributed by atoms with E-state index in [1.807, 2.05) is 4.57 Å². The molecule has 14 heteroatoms. The molecule has 2 aromatic rings. The van der Waals surface area contributed by atoms with Crippen LogP contribution in [0, 0.1) is 11.5 Å². The van der Waals surface area contributed by atoms with E-state index in [2.05, 4.69) is 108 Å². The van der Waals surface area contributed by atoms with E-state index in [9.17, 15) is 4.79 Å². The molecular formula is C32H54ClN5O4SSi3. The van der Waals surface area contributed by atoms with Crippen LogP contribution in [0.5, 0.6) is 0 Å². The summed E-state index contributed by atoms with van der Waals surface area (Å²) in [6, 6.07) is 3.36. The highest BCUT2D eigenvalue weighted by molar-refractivity contribution is 8.01. The Morgan fingerprint density at radius 2 is 1.65 bits per heavy atom. The molecule has 2 fully saturated rings. The second-order valence-electron chi connectivity index (χ2n) is 14.2. The lowest BCUT2D eigenvalue weighted by atomic mass is 10.0. The van der Waals surface area contributed by atoms with Gasteiger partial charge in [-0.2, -0.15) is 9.97 Å². The number of amides is 1. The number of hydrogen-bond acceptors (Lipinski definition) is 8. The summed E-state index contributed by atoms with van der Waals surface area (Å²) >= 11 is 8.35. The predicted molar refractivity (Wildman–Crippen MR) is 197 cm³/mol. The predicted octanol–water partition coefficient (Wildman–Crippen LogP) is 8.82. The van der Waals surface area contributed by atoms with Crippen LogP contribution in [0.15, 0.2) is 6.33 Å². The zero-order valence-corrected chi connectivity index (χ0v) is 34.4. The zero-order valence-electron chi connectivity index (χ0n) is 29.8. The first-order chi connectivity index (χ1) is 21.5. The van der Waals surface area contributed by atoms with Crippen molar-refractivity contribution in [2.24, 2.45) is 0 Å². The Kier molecular flexibility index (Phi) is 11.7. The Morgan fingerprint density at radius 3 is 2.17 bits per heavy atom. The van der Waals surface area contributed by atoms with Gasteiger partial charge in [0.1, 0.15) is 18.3 Å². The lowest BCUT2D eigenvalue weighted by molar-refractivity contribution is -0.114. The van der Waals surface area contributed by atoms with Gasteiger partial charge in [-0.05, 0) is 40.3 Å². The minimum atomic E-state index is -2.87. The molecule has 2 saturated heterocycles. The molecule has 2 aromatic heterocycles. The van der Waals surface area contributed by atoms with E-state index >= 15 is 0 Å². The quantitative estimate of drug-likeness (QED) is 0.156. The number of hydrogen-bond donors (Lipinski definition) is 1. The maximum absolute atomic E-state index is 11.9. The van der Waals surface area contributed by atoms with Crippen molar-refractivity contribution < 1.29 is 17.8 Å². The number of halogens is 1. The van der Waals surface area contributed by atoms with Crippen LogP contribution in [0.25, 0.3) is 11.2 Å². The molecular weight excluding hydrogens is 670 g/mol. The lowest BCUT2D eigenvalue weighted by Gasteiger charge is -2.52. The molecule has 0 aromatic carbocycles. The highest BCUT2D eigenvalue weighted by Gasteiger charge is 2.63. The summed E-state index contributed by atoms with van der Waals surface area (Å²) in [6.45, 7) is 26.8. The smallest absolute Gasteiger partial charge is 0.335 e. The van der Waals surface area contributed by atoms with Gasteiger partial charge < -0.3 is 17.5 Å². The normalized spacial score (nSPS) is 24.6. The second-order valence-corrected chi connectivity index (χ2v) is 29.8. The minimum absolute atomic E-state index is 0.108. The molecule has 2 aliphatic heterocycles. The van der Waals surface area contributed by atoms with Crippen LogP contribution >= 0.6 is 23.4 Å². The van der Waals surface area contributed by atoms with E-state index < -0.39 is 29.9 Å². The van der Waals surface area contributed by atoms with Crippen LogP contribution in [0.1, 0.15) is 94.9 Å². The SMILES string of the molecule is CC[Si](C#C[C@@]12CO[Si](C(C)C)(C(C)C)O[Si](C(C)C)(C(C)C)O[C@H]1CC(n1cnc3c(Cl)nc(NC(C)=O)nc31)S2)(CC)CC. The molecule has 0 bridgehead atoms.